The molecule has 0 N–H and O–H groups in total. The summed E-state index contributed by atoms with van der Waals surface area (Å²) in [5.41, 5.74) is -1.89. The summed E-state index contributed by atoms with van der Waals surface area (Å²) in [7, 11) is 0. The Hall–Kier alpha value is -3.19. The molecule has 3 aromatic rings. The zero-order valence-electron chi connectivity index (χ0n) is 21.6. The van der Waals surface area contributed by atoms with E-state index in [1.807, 2.05) is 4.90 Å². The van der Waals surface area contributed by atoms with E-state index >= 15 is 0 Å². The number of hydrogen-bond donors (Lipinski definition) is 0. The van der Waals surface area contributed by atoms with Gasteiger partial charge >= 0.3 is 12.4 Å². The van der Waals surface area contributed by atoms with Gasteiger partial charge < -0.3 is 9.64 Å². The average molecular weight is 578 g/mol. The number of fused-ring (bicyclic) bond motifs is 3. The van der Waals surface area contributed by atoms with Gasteiger partial charge in [-0.05, 0) is 68.2 Å². The molecular formula is C26H27F8N5O. The van der Waals surface area contributed by atoms with Gasteiger partial charge in [-0.2, -0.15) is 31.4 Å². The van der Waals surface area contributed by atoms with Crippen molar-refractivity contribution in [2.75, 3.05) is 18.0 Å². The van der Waals surface area contributed by atoms with Gasteiger partial charge in [-0.15, -0.1) is 0 Å². The second-order valence-corrected chi connectivity index (χ2v) is 10.7. The SMILES string of the molecule is CC(Oc1ccc(C(F)(F)F)n2nc(CC[C@@H]3[C@@H]4CC[C@H]3CN(c3ccnc(C(F)(F)F)c3)C4)nc12)C(C)(F)F. The Labute approximate surface area is 224 Å². The largest absolute Gasteiger partial charge is 0.480 e. The average Bonchev–Trinajstić information content (AvgIpc) is 3.38. The molecular weight excluding hydrogens is 550 g/mol. The Morgan fingerprint density at radius 3 is 2.25 bits per heavy atom. The van der Waals surface area contributed by atoms with Crippen LogP contribution >= 0.6 is 0 Å². The number of piperidine rings is 1. The molecule has 2 aliphatic rings. The smallest absolute Gasteiger partial charge is 0.433 e. The van der Waals surface area contributed by atoms with Gasteiger partial charge in [-0.25, -0.2) is 18.3 Å². The summed E-state index contributed by atoms with van der Waals surface area (Å²) < 4.78 is 114. The van der Waals surface area contributed by atoms with Crippen molar-refractivity contribution in [3.63, 3.8) is 0 Å². The number of aromatic nitrogens is 4. The first kappa shape index (κ1) is 28.3. The number of rotatable bonds is 7. The van der Waals surface area contributed by atoms with Gasteiger partial charge in [0.15, 0.2) is 23.3 Å². The van der Waals surface area contributed by atoms with E-state index in [1.165, 1.54) is 0 Å². The molecule has 3 aromatic heterocycles. The van der Waals surface area contributed by atoms with Gasteiger partial charge in [-0.1, -0.05) is 0 Å². The molecule has 6 nitrogen and oxygen atoms in total. The van der Waals surface area contributed by atoms with Gasteiger partial charge in [0.1, 0.15) is 11.4 Å². The van der Waals surface area contributed by atoms with Crippen molar-refractivity contribution < 1.29 is 39.9 Å². The Kier molecular flexibility index (Phi) is 7.10. The van der Waals surface area contributed by atoms with Crippen molar-refractivity contribution in [3.8, 4) is 5.75 Å². The van der Waals surface area contributed by atoms with E-state index in [2.05, 4.69) is 15.1 Å². The molecule has 5 rings (SSSR count). The minimum absolute atomic E-state index is 0.128. The first-order chi connectivity index (χ1) is 18.6. The van der Waals surface area contributed by atoms with Crippen molar-refractivity contribution in [1.29, 1.82) is 0 Å². The molecule has 2 bridgehead atoms. The Morgan fingerprint density at radius 2 is 1.65 bits per heavy atom. The quantitative estimate of drug-likeness (QED) is 0.294. The van der Waals surface area contributed by atoms with Gasteiger partial charge in [-0.3, -0.25) is 4.98 Å². The summed E-state index contributed by atoms with van der Waals surface area (Å²) in [5.74, 6) is -2.76. The lowest BCUT2D eigenvalue weighted by atomic mass is 9.81. The lowest BCUT2D eigenvalue weighted by Crippen LogP contribution is -2.42. The van der Waals surface area contributed by atoms with E-state index < -0.39 is 35.8 Å². The number of alkyl halides is 8. The van der Waals surface area contributed by atoms with Crippen LogP contribution in [0.5, 0.6) is 5.75 Å². The van der Waals surface area contributed by atoms with Crippen LogP contribution in [-0.2, 0) is 18.8 Å². The molecule has 0 spiro atoms. The molecule has 40 heavy (non-hydrogen) atoms. The number of aryl methyl sites for hydroxylation is 1. The van der Waals surface area contributed by atoms with Crippen LogP contribution in [0.25, 0.3) is 5.65 Å². The molecule has 0 radical (unpaired) electrons. The summed E-state index contributed by atoms with van der Waals surface area (Å²) in [4.78, 5) is 9.59. The second-order valence-electron chi connectivity index (χ2n) is 10.7. The zero-order chi connectivity index (χ0) is 29.0. The third-order valence-electron chi connectivity index (χ3n) is 7.93. The highest BCUT2D eigenvalue weighted by molar-refractivity contribution is 5.55. The predicted octanol–water partition coefficient (Wildman–Crippen LogP) is 6.68. The Bertz CT molecular complexity index is 1350. The number of ether oxygens (including phenoxy) is 1. The molecule has 1 aliphatic carbocycles. The van der Waals surface area contributed by atoms with Crippen LogP contribution in [0.1, 0.15) is 50.3 Å². The number of hydrogen-bond acceptors (Lipinski definition) is 5. The third kappa shape index (κ3) is 5.67. The van der Waals surface area contributed by atoms with Crippen molar-refractivity contribution in [3.05, 3.63) is 47.7 Å². The van der Waals surface area contributed by atoms with Crippen molar-refractivity contribution in [1.82, 2.24) is 19.6 Å². The molecule has 0 aromatic carbocycles. The second kappa shape index (κ2) is 10.0. The molecule has 218 valence electrons. The highest BCUT2D eigenvalue weighted by Gasteiger charge is 2.43. The highest BCUT2D eigenvalue weighted by atomic mass is 19.4. The van der Waals surface area contributed by atoms with Crippen LogP contribution < -0.4 is 9.64 Å². The molecule has 1 saturated carbocycles. The molecule has 4 atom stereocenters. The molecule has 1 aliphatic heterocycles. The fourth-order valence-corrected chi connectivity index (χ4v) is 5.77. The maximum atomic E-state index is 13.7. The van der Waals surface area contributed by atoms with Crippen molar-refractivity contribution in [2.24, 2.45) is 17.8 Å². The van der Waals surface area contributed by atoms with E-state index in [4.69, 9.17) is 4.74 Å². The van der Waals surface area contributed by atoms with Crippen LogP contribution in [0.2, 0.25) is 0 Å². The number of anilines is 1. The first-order valence-corrected chi connectivity index (χ1v) is 12.9. The number of pyridine rings is 2. The maximum Gasteiger partial charge on any atom is 0.433 e. The molecule has 4 heterocycles. The maximum absolute atomic E-state index is 13.7. The Balaban J connectivity index is 1.33. The van der Waals surface area contributed by atoms with E-state index in [0.717, 1.165) is 44.2 Å². The number of halogens is 8. The van der Waals surface area contributed by atoms with E-state index in [0.29, 0.717) is 36.6 Å². The van der Waals surface area contributed by atoms with Gasteiger partial charge in [0.2, 0.25) is 0 Å². The first-order valence-electron chi connectivity index (χ1n) is 12.9. The minimum atomic E-state index is -4.76. The van der Waals surface area contributed by atoms with Crippen LogP contribution in [0.3, 0.4) is 0 Å². The molecule has 1 unspecified atom stereocenters. The van der Waals surface area contributed by atoms with Crippen LogP contribution in [0, 0.1) is 17.8 Å². The normalized spacial score (nSPS) is 22.6. The Morgan fingerprint density at radius 1 is 0.975 bits per heavy atom. The van der Waals surface area contributed by atoms with Gasteiger partial charge in [0, 0.05) is 38.3 Å². The van der Waals surface area contributed by atoms with Gasteiger partial charge in [0.25, 0.3) is 5.92 Å². The molecule has 14 heteroatoms. The van der Waals surface area contributed by atoms with Crippen LogP contribution in [0.15, 0.2) is 30.5 Å². The summed E-state index contributed by atoms with van der Waals surface area (Å²) >= 11 is 0. The summed E-state index contributed by atoms with van der Waals surface area (Å²) in [6.07, 6.45) is -7.15. The highest BCUT2D eigenvalue weighted by Crippen LogP contribution is 2.45. The van der Waals surface area contributed by atoms with Crippen molar-refractivity contribution >= 4 is 11.3 Å². The number of nitrogens with zero attached hydrogens (tertiary/aromatic N) is 5. The van der Waals surface area contributed by atoms with Crippen LogP contribution in [0.4, 0.5) is 40.8 Å². The zero-order valence-corrected chi connectivity index (χ0v) is 21.6. The summed E-state index contributed by atoms with van der Waals surface area (Å²) in [5, 5.41) is 4.05. The van der Waals surface area contributed by atoms with E-state index in [-0.39, 0.29) is 41.4 Å². The lowest BCUT2D eigenvalue weighted by molar-refractivity contribution is -0.143. The third-order valence-corrected chi connectivity index (χ3v) is 7.93. The molecule has 1 saturated heterocycles. The standard InChI is InChI=1S/C26H27F8N5O/c1-14(24(2,27)28)40-19-6-7-21(26(32,33)34)39-23(19)36-22(37-39)8-5-18-15-3-4-16(18)13-38(12-15)17-9-10-35-20(11-17)25(29,30)31/h6-7,9-11,14-16,18H,3-5,8,12-13H2,1-2H3/t14?,15-,16+,18-. The topological polar surface area (TPSA) is 55.6 Å². The summed E-state index contributed by atoms with van der Waals surface area (Å²) in [6.45, 7) is 2.88. The molecule has 2 fully saturated rings. The van der Waals surface area contributed by atoms with Gasteiger partial charge in [0.05, 0.1) is 0 Å². The monoisotopic (exact) mass is 577 g/mol. The fraction of sp³-hybridized carbons (Fsp3) is 0.577. The lowest BCUT2D eigenvalue weighted by Gasteiger charge is -2.39. The minimum Gasteiger partial charge on any atom is -0.480 e. The summed E-state index contributed by atoms with van der Waals surface area (Å²) in [6, 6.07) is 4.30. The van der Waals surface area contributed by atoms with Crippen molar-refractivity contribution in [2.45, 2.75) is 63.9 Å². The fourth-order valence-electron chi connectivity index (χ4n) is 5.77. The van der Waals surface area contributed by atoms with E-state index in [1.54, 1.807) is 6.07 Å². The van der Waals surface area contributed by atoms with E-state index in [9.17, 15) is 35.1 Å². The molecule has 0 amide bonds. The van der Waals surface area contributed by atoms with Crippen LogP contribution in [-0.4, -0.2) is 44.7 Å². The predicted molar refractivity (Wildman–Crippen MR) is 128 cm³/mol.